The Hall–Kier alpha value is -2.48. The number of hydrogen-bond acceptors (Lipinski definition) is 5. The van der Waals surface area contributed by atoms with Crippen LogP contribution in [0, 0.1) is 19.8 Å². The van der Waals surface area contributed by atoms with Crippen molar-refractivity contribution in [2.45, 2.75) is 33.7 Å². The first kappa shape index (κ1) is 18.3. The topological polar surface area (TPSA) is 87.2 Å². The Bertz CT molecular complexity index is 812. The molecule has 3 amide bonds. The Morgan fingerprint density at radius 3 is 2.62 bits per heavy atom. The Balaban J connectivity index is 1.76. The maximum Gasteiger partial charge on any atom is 0.324 e. The molecular weight excluding hydrogens is 350 g/mol. The second-order valence-corrected chi connectivity index (χ2v) is 7.87. The van der Waals surface area contributed by atoms with Gasteiger partial charge in [-0.05, 0) is 31.9 Å². The van der Waals surface area contributed by atoms with E-state index in [1.165, 1.54) is 11.3 Å². The predicted octanol–water partition coefficient (Wildman–Crippen LogP) is 2.81. The second kappa shape index (κ2) is 7.41. The monoisotopic (exact) mass is 373 g/mol. The first-order chi connectivity index (χ1) is 12.3. The molecule has 1 aromatic heterocycles. The van der Waals surface area contributed by atoms with Gasteiger partial charge in [-0.2, -0.15) is 0 Å². The molecule has 2 heterocycles. The van der Waals surface area contributed by atoms with Crippen molar-refractivity contribution in [2.75, 3.05) is 18.4 Å². The van der Waals surface area contributed by atoms with Crippen LogP contribution in [0.4, 0.5) is 9.93 Å². The van der Waals surface area contributed by atoms with Crippen LogP contribution in [0.2, 0.25) is 0 Å². The van der Waals surface area contributed by atoms with Gasteiger partial charge in [-0.3, -0.25) is 10.1 Å². The summed E-state index contributed by atoms with van der Waals surface area (Å²) in [6, 6.07) is 5.39. The summed E-state index contributed by atoms with van der Waals surface area (Å²) in [5.74, 6) is -0.0871. The van der Waals surface area contributed by atoms with Gasteiger partial charge in [0.05, 0.1) is 0 Å². The van der Waals surface area contributed by atoms with E-state index in [4.69, 9.17) is 0 Å². The van der Waals surface area contributed by atoms with Gasteiger partial charge in [-0.15, -0.1) is 10.2 Å². The molecule has 1 atom stereocenters. The van der Waals surface area contributed by atoms with E-state index in [0.717, 1.165) is 21.7 Å². The fraction of sp³-hybridized carbons (Fsp3) is 0.444. The van der Waals surface area contributed by atoms with E-state index in [9.17, 15) is 9.59 Å². The zero-order chi connectivity index (χ0) is 18.8. The lowest BCUT2D eigenvalue weighted by atomic mass is 10.0. The van der Waals surface area contributed by atoms with E-state index < -0.39 is 6.04 Å². The summed E-state index contributed by atoms with van der Waals surface area (Å²) in [6.45, 7) is 8.86. The fourth-order valence-corrected chi connectivity index (χ4v) is 3.95. The Morgan fingerprint density at radius 1 is 1.27 bits per heavy atom. The van der Waals surface area contributed by atoms with Crippen molar-refractivity contribution in [1.29, 1.82) is 0 Å². The first-order valence-electron chi connectivity index (χ1n) is 8.62. The highest BCUT2D eigenvalue weighted by Gasteiger charge is 2.35. The molecule has 2 aromatic rings. The smallest absolute Gasteiger partial charge is 0.324 e. The van der Waals surface area contributed by atoms with E-state index in [-0.39, 0.29) is 17.9 Å². The van der Waals surface area contributed by atoms with Crippen molar-refractivity contribution < 1.29 is 9.59 Å². The summed E-state index contributed by atoms with van der Waals surface area (Å²) in [5.41, 5.74) is 3.29. The molecule has 1 aliphatic rings. The molecule has 1 unspecified atom stereocenters. The number of urea groups is 1. The summed E-state index contributed by atoms with van der Waals surface area (Å²) in [4.78, 5) is 26.3. The van der Waals surface area contributed by atoms with Crippen LogP contribution in [0.1, 0.15) is 25.0 Å². The van der Waals surface area contributed by atoms with Gasteiger partial charge < -0.3 is 10.2 Å². The minimum Gasteiger partial charge on any atom is -0.353 e. The van der Waals surface area contributed by atoms with Crippen LogP contribution in [0.3, 0.4) is 0 Å². The van der Waals surface area contributed by atoms with Gasteiger partial charge in [-0.25, -0.2) is 4.79 Å². The number of aryl methyl sites for hydroxylation is 2. The molecule has 1 aliphatic heterocycles. The number of carbonyl (C=O) groups is 2. The number of piperazine rings is 1. The van der Waals surface area contributed by atoms with Crippen molar-refractivity contribution in [1.82, 2.24) is 20.4 Å². The van der Waals surface area contributed by atoms with Crippen molar-refractivity contribution in [3.05, 3.63) is 29.3 Å². The number of anilines is 1. The van der Waals surface area contributed by atoms with E-state index in [1.807, 2.05) is 39.8 Å². The molecule has 2 N–H and O–H groups in total. The number of carbonyl (C=O) groups excluding carboxylic acids is 2. The van der Waals surface area contributed by atoms with Gasteiger partial charge in [-0.1, -0.05) is 42.4 Å². The molecule has 0 aliphatic carbocycles. The summed E-state index contributed by atoms with van der Waals surface area (Å²) >= 11 is 1.32. The first-order valence-corrected chi connectivity index (χ1v) is 9.44. The van der Waals surface area contributed by atoms with Gasteiger partial charge in [0.1, 0.15) is 11.0 Å². The largest absolute Gasteiger partial charge is 0.353 e. The molecule has 3 rings (SSSR count). The fourth-order valence-electron chi connectivity index (χ4n) is 3.23. The van der Waals surface area contributed by atoms with Crippen LogP contribution < -0.4 is 10.6 Å². The highest BCUT2D eigenvalue weighted by Crippen LogP contribution is 2.28. The van der Waals surface area contributed by atoms with Crippen LogP contribution in [-0.2, 0) is 4.79 Å². The molecule has 1 aromatic carbocycles. The maximum atomic E-state index is 12.7. The third-order valence-electron chi connectivity index (χ3n) is 4.26. The number of nitrogens with zero attached hydrogens (tertiary/aromatic N) is 3. The zero-order valence-electron chi connectivity index (χ0n) is 15.4. The number of benzene rings is 1. The third kappa shape index (κ3) is 3.85. The number of amides is 3. The lowest BCUT2D eigenvalue weighted by Gasteiger charge is -2.36. The van der Waals surface area contributed by atoms with Gasteiger partial charge in [0, 0.05) is 18.7 Å². The molecule has 1 fully saturated rings. The predicted molar refractivity (Wildman–Crippen MR) is 102 cm³/mol. The molecule has 138 valence electrons. The highest BCUT2D eigenvalue weighted by molar-refractivity contribution is 7.18. The maximum absolute atomic E-state index is 12.7. The highest BCUT2D eigenvalue weighted by atomic mass is 32.1. The van der Waals surface area contributed by atoms with Gasteiger partial charge >= 0.3 is 6.03 Å². The van der Waals surface area contributed by atoms with E-state index in [0.29, 0.717) is 18.2 Å². The number of rotatable bonds is 3. The number of aromatic nitrogens is 2. The molecular formula is C18H23N5O2S. The third-order valence-corrected chi connectivity index (χ3v) is 5.14. The van der Waals surface area contributed by atoms with E-state index >= 15 is 0 Å². The van der Waals surface area contributed by atoms with Crippen LogP contribution in [-0.4, -0.2) is 46.2 Å². The number of hydrogen-bond donors (Lipinski definition) is 2. The van der Waals surface area contributed by atoms with Crippen molar-refractivity contribution in [2.24, 2.45) is 5.92 Å². The summed E-state index contributed by atoms with van der Waals surface area (Å²) in [5, 5.41) is 15.1. The van der Waals surface area contributed by atoms with Crippen molar-refractivity contribution in [3.63, 3.8) is 0 Å². The van der Waals surface area contributed by atoms with Crippen LogP contribution in [0.15, 0.2) is 18.2 Å². The average molecular weight is 373 g/mol. The van der Waals surface area contributed by atoms with Crippen LogP contribution in [0.25, 0.3) is 10.6 Å². The zero-order valence-corrected chi connectivity index (χ0v) is 16.2. The lowest BCUT2D eigenvalue weighted by Crippen LogP contribution is -2.60. The van der Waals surface area contributed by atoms with Crippen molar-refractivity contribution >= 4 is 28.4 Å². The quantitative estimate of drug-likeness (QED) is 0.866. The van der Waals surface area contributed by atoms with Crippen LogP contribution >= 0.6 is 11.3 Å². The Kier molecular flexibility index (Phi) is 5.22. The normalized spacial score (nSPS) is 17.3. The lowest BCUT2D eigenvalue weighted by molar-refractivity contribution is -0.129. The molecule has 7 nitrogen and oxygen atoms in total. The molecule has 0 bridgehead atoms. The molecule has 0 spiro atoms. The Morgan fingerprint density at radius 2 is 1.96 bits per heavy atom. The van der Waals surface area contributed by atoms with Gasteiger partial charge in [0.15, 0.2) is 0 Å². The summed E-state index contributed by atoms with van der Waals surface area (Å²) in [6.07, 6.45) is 0. The molecule has 1 saturated heterocycles. The molecule has 26 heavy (non-hydrogen) atoms. The van der Waals surface area contributed by atoms with Crippen molar-refractivity contribution in [3.8, 4) is 10.6 Å². The molecule has 0 saturated carbocycles. The Labute approximate surface area is 156 Å². The van der Waals surface area contributed by atoms with E-state index in [1.54, 1.807) is 4.90 Å². The minimum atomic E-state index is -0.476. The SMILES string of the molecule is Cc1cc(C)cc(-c2nnc(NC(=O)N3CCNC(=O)C3C(C)C)s2)c1. The van der Waals surface area contributed by atoms with Crippen LogP contribution in [0.5, 0.6) is 0 Å². The summed E-state index contributed by atoms with van der Waals surface area (Å²) < 4.78 is 0. The van der Waals surface area contributed by atoms with E-state index in [2.05, 4.69) is 26.9 Å². The second-order valence-electron chi connectivity index (χ2n) is 6.89. The standard InChI is InChI=1S/C18H23N5O2S/c1-10(2)14-15(24)19-5-6-23(14)18(25)20-17-22-21-16(26-17)13-8-11(3)7-12(4)9-13/h7-10,14H,5-6H2,1-4H3,(H,19,24)(H,20,22,25). The van der Waals surface area contributed by atoms with Gasteiger partial charge in [0.2, 0.25) is 11.0 Å². The molecule has 0 radical (unpaired) electrons. The number of nitrogens with one attached hydrogen (secondary N) is 2. The minimum absolute atomic E-state index is 0.0290. The average Bonchev–Trinajstić information content (AvgIpc) is 3.01. The molecule has 8 heteroatoms. The summed E-state index contributed by atoms with van der Waals surface area (Å²) in [7, 11) is 0. The van der Waals surface area contributed by atoms with Gasteiger partial charge in [0.25, 0.3) is 0 Å².